The van der Waals surface area contributed by atoms with Crippen LogP contribution in [0.5, 0.6) is 5.75 Å². The number of aromatic nitrogens is 2. The van der Waals surface area contributed by atoms with Crippen LogP contribution in [-0.2, 0) is 13.0 Å². The minimum Gasteiger partial charge on any atom is -0.485 e. The second-order valence-corrected chi connectivity index (χ2v) is 7.25. The van der Waals surface area contributed by atoms with Gasteiger partial charge in [0.05, 0.1) is 0 Å². The predicted octanol–water partition coefficient (Wildman–Crippen LogP) is 1.33. The number of likely N-dealkylation sites (tertiary alicyclic amines) is 1. The molecule has 3 heterocycles. The van der Waals surface area contributed by atoms with E-state index in [4.69, 9.17) is 9.26 Å². The highest BCUT2D eigenvalue weighted by Gasteiger charge is 2.31. The first-order chi connectivity index (χ1) is 13.7. The summed E-state index contributed by atoms with van der Waals surface area (Å²) in [5, 5.41) is 7.25. The van der Waals surface area contributed by atoms with Gasteiger partial charge in [0.1, 0.15) is 5.75 Å². The molecular formula is C20H27N5O3. The van der Waals surface area contributed by atoms with E-state index in [0.29, 0.717) is 35.5 Å². The molecule has 4 rings (SSSR count). The molecule has 2 aliphatic rings. The van der Waals surface area contributed by atoms with Gasteiger partial charge in [-0.1, -0.05) is 12.1 Å². The summed E-state index contributed by atoms with van der Waals surface area (Å²) in [6.07, 6.45) is 1.76. The van der Waals surface area contributed by atoms with Crippen LogP contribution in [0, 0.1) is 0 Å². The fourth-order valence-electron chi connectivity index (χ4n) is 3.79. The fourth-order valence-corrected chi connectivity index (χ4v) is 3.79. The number of piperazine rings is 1. The summed E-state index contributed by atoms with van der Waals surface area (Å²) < 4.78 is 10.7. The van der Waals surface area contributed by atoms with E-state index in [1.165, 1.54) is 0 Å². The Bertz CT molecular complexity index is 785. The lowest BCUT2D eigenvalue weighted by atomic mass is 10.2. The van der Waals surface area contributed by atoms with Gasteiger partial charge in [0, 0.05) is 57.3 Å². The predicted molar refractivity (Wildman–Crippen MR) is 103 cm³/mol. The van der Waals surface area contributed by atoms with E-state index in [1.54, 1.807) is 0 Å². The second kappa shape index (κ2) is 8.70. The van der Waals surface area contributed by atoms with Gasteiger partial charge in [-0.2, -0.15) is 4.98 Å². The third-order valence-electron chi connectivity index (χ3n) is 5.40. The SMILES string of the molecule is CCc1nc(COc2ccc(C(=O)N3CCC(N4CCNCC4)C3)cc2)no1. The maximum Gasteiger partial charge on any atom is 0.253 e. The normalized spacial score (nSPS) is 20.5. The molecule has 1 aromatic heterocycles. The molecule has 2 saturated heterocycles. The van der Waals surface area contributed by atoms with E-state index in [2.05, 4.69) is 20.4 Å². The van der Waals surface area contributed by atoms with E-state index < -0.39 is 0 Å². The number of nitrogens with one attached hydrogen (secondary N) is 1. The number of aryl methyl sites for hydroxylation is 1. The zero-order valence-corrected chi connectivity index (χ0v) is 16.3. The lowest BCUT2D eigenvalue weighted by molar-refractivity contribution is 0.0773. The van der Waals surface area contributed by atoms with Gasteiger partial charge in [-0.25, -0.2) is 0 Å². The van der Waals surface area contributed by atoms with Crippen LogP contribution < -0.4 is 10.1 Å². The highest BCUT2D eigenvalue weighted by molar-refractivity contribution is 5.94. The van der Waals surface area contributed by atoms with Gasteiger partial charge in [-0.15, -0.1) is 0 Å². The Balaban J connectivity index is 1.30. The number of hydrogen-bond donors (Lipinski definition) is 1. The monoisotopic (exact) mass is 385 g/mol. The quantitative estimate of drug-likeness (QED) is 0.803. The molecule has 0 saturated carbocycles. The van der Waals surface area contributed by atoms with Gasteiger partial charge in [0.2, 0.25) is 11.7 Å². The van der Waals surface area contributed by atoms with E-state index in [9.17, 15) is 4.79 Å². The molecule has 1 N–H and O–H groups in total. The molecule has 1 atom stereocenters. The summed E-state index contributed by atoms with van der Waals surface area (Å²) in [7, 11) is 0. The molecule has 1 amide bonds. The molecule has 2 fully saturated rings. The summed E-state index contributed by atoms with van der Waals surface area (Å²) in [5.74, 6) is 1.90. The molecule has 2 aromatic rings. The van der Waals surface area contributed by atoms with E-state index in [0.717, 1.165) is 45.7 Å². The van der Waals surface area contributed by atoms with Gasteiger partial charge in [-0.3, -0.25) is 9.69 Å². The van der Waals surface area contributed by atoms with Gasteiger partial charge in [-0.05, 0) is 30.7 Å². The summed E-state index contributed by atoms with van der Waals surface area (Å²) in [6, 6.07) is 7.76. The molecule has 150 valence electrons. The number of nitrogens with zero attached hydrogens (tertiary/aromatic N) is 4. The molecule has 0 bridgehead atoms. The third-order valence-corrected chi connectivity index (χ3v) is 5.40. The first-order valence-electron chi connectivity index (χ1n) is 10.0. The van der Waals surface area contributed by atoms with Crippen molar-refractivity contribution in [2.75, 3.05) is 39.3 Å². The second-order valence-electron chi connectivity index (χ2n) is 7.25. The molecule has 0 spiro atoms. The van der Waals surface area contributed by atoms with Crippen molar-refractivity contribution in [1.29, 1.82) is 0 Å². The highest BCUT2D eigenvalue weighted by atomic mass is 16.5. The lowest BCUT2D eigenvalue weighted by Crippen LogP contribution is -2.49. The smallest absolute Gasteiger partial charge is 0.253 e. The molecule has 0 aliphatic carbocycles. The molecule has 1 unspecified atom stereocenters. The Kier molecular flexibility index (Phi) is 5.87. The lowest BCUT2D eigenvalue weighted by Gasteiger charge is -2.32. The van der Waals surface area contributed by atoms with Crippen LogP contribution >= 0.6 is 0 Å². The van der Waals surface area contributed by atoms with Crippen LogP contribution in [0.2, 0.25) is 0 Å². The van der Waals surface area contributed by atoms with Crippen molar-refractivity contribution in [2.45, 2.75) is 32.4 Å². The van der Waals surface area contributed by atoms with E-state index in [1.807, 2.05) is 36.1 Å². The highest BCUT2D eigenvalue weighted by Crippen LogP contribution is 2.20. The first-order valence-corrected chi connectivity index (χ1v) is 10.0. The van der Waals surface area contributed by atoms with Crippen molar-refractivity contribution < 1.29 is 14.1 Å². The van der Waals surface area contributed by atoms with Crippen LogP contribution in [0.1, 0.15) is 35.4 Å². The number of benzene rings is 1. The number of carbonyl (C=O) groups excluding carboxylic acids is 1. The average Bonchev–Trinajstić information content (AvgIpc) is 3.42. The Labute approximate surface area is 164 Å². The first kappa shape index (κ1) is 18.9. The Morgan fingerprint density at radius 3 is 2.75 bits per heavy atom. The molecule has 8 nitrogen and oxygen atoms in total. The topological polar surface area (TPSA) is 83.7 Å². The molecule has 2 aliphatic heterocycles. The molecule has 28 heavy (non-hydrogen) atoms. The van der Waals surface area contributed by atoms with Crippen LogP contribution in [0.15, 0.2) is 28.8 Å². The molecule has 8 heteroatoms. The number of hydrogen-bond acceptors (Lipinski definition) is 7. The van der Waals surface area contributed by atoms with Crippen LogP contribution in [0.4, 0.5) is 0 Å². The number of ether oxygens (including phenoxy) is 1. The van der Waals surface area contributed by atoms with Crippen molar-refractivity contribution in [1.82, 2.24) is 25.3 Å². The number of rotatable bonds is 6. The summed E-state index contributed by atoms with van der Waals surface area (Å²) >= 11 is 0. The summed E-state index contributed by atoms with van der Waals surface area (Å²) in [5.41, 5.74) is 0.696. The van der Waals surface area contributed by atoms with Crippen LogP contribution in [-0.4, -0.2) is 71.2 Å². The zero-order chi connectivity index (χ0) is 19.3. The standard InChI is InChI=1S/C20H27N5O3/c1-2-19-22-18(23-28-19)14-27-17-5-3-15(4-6-17)20(26)25-10-7-16(13-25)24-11-8-21-9-12-24/h3-6,16,21H,2,7-14H2,1H3. The van der Waals surface area contributed by atoms with Crippen molar-refractivity contribution in [3.63, 3.8) is 0 Å². The Morgan fingerprint density at radius 2 is 2.04 bits per heavy atom. The van der Waals surface area contributed by atoms with Gasteiger partial charge < -0.3 is 19.5 Å². The van der Waals surface area contributed by atoms with Crippen LogP contribution in [0.3, 0.4) is 0 Å². The minimum absolute atomic E-state index is 0.0925. The fraction of sp³-hybridized carbons (Fsp3) is 0.550. The average molecular weight is 385 g/mol. The Hall–Kier alpha value is -2.45. The van der Waals surface area contributed by atoms with Crippen molar-refractivity contribution in [2.24, 2.45) is 0 Å². The minimum atomic E-state index is 0.0925. The maximum absolute atomic E-state index is 12.8. The maximum atomic E-state index is 12.8. The van der Waals surface area contributed by atoms with Gasteiger partial charge >= 0.3 is 0 Å². The van der Waals surface area contributed by atoms with Crippen molar-refractivity contribution >= 4 is 5.91 Å². The van der Waals surface area contributed by atoms with Gasteiger partial charge in [0.25, 0.3) is 5.91 Å². The molecule has 1 aromatic carbocycles. The Morgan fingerprint density at radius 1 is 1.25 bits per heavy atom. The van der Waals surface area contributed by atoms with Gasteiger partial charge in [0.15, 0.2) is 6.61 Å². The zero-order valence-electron chi connectivity index (χ0n) is 16.3. The summed E-state index contributed by atoms with van der Waals surface area (Å²) in [4.78, 5) is 21.5. The van der Waals surface area contributed by atoms with Crippen molar-refractivity contribution in [3.05, 3.63) is 41.5 Å². The largest absolute Gasteiger partial charge is 0.485 e. The van der Waals surface area contributed by atoms with Crippen LogP contribution in [0.25, 0.3) is 0 Å². The summed E-state index contributed by atoms with van der Waals surface area (Å²) in [6.45, 7) is 8.05. The van der Waals surface area contributed by atoms with E-state index in [-0.39, 0.29) is 12.5 Å². The van der Waals surface area contributed by atoms with E-state index >= 15 is 0 Å². The third kappa shape index (κ3) is 4.34. The number of carbonyl (C=O) groups is 1. The number of amides is 1. The molecule has 0 radical (unpaired) electrons. The molecular weight excluding hydrogens is 358 g/mol. The van der Waals surface area contributed by atoms with Crippen molar-refractivity contribution in [3.8, 4) is 5.75 Å².